The van der Waals surface area contributed by atoms with Gasteiger partial charge < -0.3 is 10.1 Å². The zero-order chi connectivity index (χ0) is 13.1. The summed E-state index contributed by atoms with van der Waals surface area (Å²) in [5.41, 5.74) is 3.94. The number of aryl methyl sites for hydroxylation is 1. The van der Waals surface area contributed by atoms with E-state index in [1.54, 1.807) is 22.8 Å². The lowest BCUT2D eigenvalue weighted by atomic mass is 10.2. The lowest BCUT2D eigenvalue weighted by Crippen LogP contribution is -2.15. The fraction of sp³-hybridized carbons (Fsp3) is 0.182. The van der Waals surface area contributed by atoms with Gasteiger partial charge in [0.15, 0.2) is 0 Å². The lowest BCUT2D eigenvalue weighted by molar-refractivity contribution is 0.195. The van der Waals surface area contributed by atoms with Crippen LogP contribution in [-0.2, 0) is 6.54 Å². The number of imidazole rings is 1. The van der Waals surface area contributed by atoms with Crippen LogP contribution in [0.5, 0.6) is 0 Å². The summed E-state index contributed by atoms with van der Waals surface area (Å²) >= 11 is 0. The maximum atomic E-state index is 11.6. The molecule has 2 rings (SSSR count). The van der Waals surface area contributed by atoms with Crippen LogP contribution in [0.25, 0.3) is 11.0 Å². The first-order valence-corrected chi connectivity index (χ1v) is 5.36. The number of benzene rings is 1. The molecule has 0 spiro atoms. The highest BCUT2D eigenvalue weighted by atomic mass is 16.4. The van der Waals surface area contributed by atoms with E-state index >= 15 is 0 Å². The van der Waals surface area contributed by atoms with Crippen LogP contribution in [0.1, 0.15) is 12.5 Å². The first-order chi connectivity index (χ1) is 8.61. The molecule has 18 heavy (non-hydrogen) atoms. The van der Waals surface area contributed by atoms with Gasteiger partial charge in [0.25, 0.3) is 0 Å². The van der Waals surface area contributed by atoms with Crippen molar-refractivity contribution in [2.45, 2.75) is 13.5 Å². The van der Waals surface area contributed by atoms with E-state index in [1.165, 1.54) is 6.21 Å². The number of nitrogens with zero attached hydrogens (tertiary/aromatic N) is 2. The van der Waals surface area contributed by atoms with Crippen molar-refractivity contribution in [2.24, 2.45) is 5.10 Å². The summed E-state index contributed by atoms with van der Waals surface area (Å²) in [6.07, 6.45) is 0.157. The Bertz CT molecular complexity index is 668. The molecule has 0 aliphatic heterocycles. The van der Waals surface area contributed by atoms with Crippen LogP contribution in [0.15, 0.2) is 28.1 Å². The maximum absolute atomic E-state index is 11.6. The van der Waals surface area contributed by atoms with Gasteiger partial charge in [0, 0.05) is 6.54 Å². The fourth-order valence-corrected chi connectivity index (χ4v) is 1.73. The smallest absolute Gasteiger partial charge is 0.425 e. The van der Waals surface area contributed by atoms with Crippen molar-refractivity contribution in [3.63, 3.8) is 0 Å². The number of carboxylic acid groups (broad SMARTS) is 1. The highest BCUT2D eigenvalue weighted by Gasteiger charge is 2.04. The van der Waals surface area contributed by atoms with E-state index in [9.17, 15) is 9.59 Å². The van der Waals surface area contributed by atoms with Gasteiger partial charge in [0.2, 0.25) is 0 Å². The van der Waals surface area contributed by atoms with Gasteiger partial charge in [-0.1, -0.05) is 6.07 Å². The second-order valence-electron chi connectivity index (χ2n) is 3.63. The van der Waals surface area contributed by atoms with E-state index in [4.69, 9.17) is 5.11 Å². The Balaban J connectivity index is 2.40. The number of nitrogens with one attached hydrogen (secondary N) is 2. The minimum absolute atomic E-state index is 0.162. The van der Waals surface area contributed by atoms with Gasteiger partial charge in [0.05, 0.1) is 17.2 Å². The second kappa shape index (κ2) is 4.74. The highest BCUT2D eigenvalue weighted by Crippen LogP contribution is 2.11. The van der Waals surface area contributed by atoms with E-state index in [-0.39, 0.29) is 5.69 Å². The number of hydrogen-bond donors (Lipinski definition) is 3. The molecule has 2 aromatic rings. The van der Waals surface area contributed by atoms with Crippen molar-refractivity contribution in [1.82, 2.24) is 15.0 Å². The average Bonchev–Trinajstić information content (AvgIpc) is 2.63. The molecule has 1 aromatic carbocycles. The summed E-state index contributed by atoms with van der Waals surface area (Å²) < 4.78 is 1.59. The summed E-state index contributed by atoms with van der Waals surface area (Å²) in [5.74, 6) is 0. The Morgan fingerprint density at radius 3 is 3.06 bits per heavy atom. The monoisotopic (exact) mass is 248 g/mol. The van der Waals surface area contributed by atoms with E-state index in [1.807, 2.05) is 12.3 Å². The summed E-state index contributed by atoms with van der Waals surface area (Å²) in [4.78, 5) is 24.5. The van der Waals surface area contributed by atoms with Crippen LogP contribution >= 0.6 is 0 Å². The minimum atomic E-state index is -1.22. The molecule has 0 bridgehead atoms. The third kappa shape index (κ3) is 2.24. The van der Waals surface area contributed by atoms with Gasteiger partial charge >= 0.3 is 11.8 Å². The normalized spacial score (nSPS) is 11.2. The molecule has 0 saturated carbocycles. The van der Waals surface area contributed by atoms with Crippen molar-refractivity contribution in [1.29, 1.82) is 0 Å². The van der Waals surface area contributed by atoms with E-state index in [0.29, 0.717) is 12.1 Å². The van der Waals surface area contributed by atoms with Gasteiger partial charge in [-0.05, 0) is 24.6 Å². The Kier molecular flexibility index (Phi) is 3.13. The Morgan fingerprint density at radius 1 is 1.61 bits per heavy atom. The second-order valence-corrected chi connectivity index (χ2v) is 3.63. The van der Waals surface area contributed by atoms with Crippen LogP contribution in [0.4, 0.5) is 4.79 Å². The van der Waals surface area contributed by atoms with Gasteiger partial charge in [-0.2, -0.15) is 5.10 Å². The molecule has 0 atom stereocenters. The average molecular weight is 248 g/mol. The predicted octanol–water partition coefficient (Wildman–Crippen LogP) is 0.951. The Morgan fingerprint density at radius 2 is 2.39 bits per heavy atom. The summed E-state index contributed by atoms with van der Waals surface area (Å²) in [6, 6.07) is 5.26. The number of hydrazone groups is 1. The van der Waals surface area contributed by atoms with Crippen molar-refractivity contribution in [3.05, 3.63) is 34.2 Å². The van der Waals surface area contributed by atoms with Crippen molar-refractivity contribution in [2.75, 3.05) is 0 Å². The molecule has 0 saturated heterocycles. The number of aromatic amines is 1. The lowest BCUT2D eigenvalue weighted by Gasteiger charge is -1.99. The maximum Gasteiger partial charge on any atom is 0.425 e. The Hall–Kier alpha value is -2.57. The molecular weight excluding hydrogens is 236 g/mol. The van der Waals surface area contributed by atoms with Crippen molar-refractivity contribution >= 4 is 23.3 Å². The highest BCUT2D eigenvalue weighted by molar-refractivity contribution is 5.87. The van der Waals surface area contributed by atoms with Crippen LogP contribution in [0, 0.1) is 0 Å². The molecule has 0 aliphatic carbocycles. The predicted molar refractivity (Wildman–Crippen MR) is 67.0 cm³/mol. The number of fused-ring (bicyclic) bond motifs is 1. The van der Waals surface area contributed by atoms with Crippen LogP contribution in [0.3, 0.4) is 0 Å². The van der Waals surface area contributed by atoms with Gasteiger partial charge in [-0.25, -0.2) is 15.0 Å². The topological polar surface area (TPSA) is 99.5 Å². The molecule has 3 N–H and O–H groups in total. The third-order valence-corrected chi connectivity index (χ3v) is 2.49. The number of aromatic nitrogens is 2. The van der Waals surface area contributed by atoms with Crippen molar-refractivity contribution in [3.8, 4) is 0 Å². The molecule has 94 valence electrons. The first-order valence-electron chi connectivity index (χ1n) is 5.36. The quantitative estimate of drug-likeness (QED) is 0.557. The number of hydrogen-bond acceptors (Lipinski definition) is 3. The molecule has 1 amide bonds. The standard InChI is InChI=1S/C11H12N4O3/c1-2-15-9-5-7(6-12-14-11(17)18)3-4-8(9)13-10(15)16/h3-6,14H,2H2,1H3,(H,13,16)(H,17,18)/b12-6+. The number of rotatable bonds is 3. The number of amides is 1. The summed E-state index contributed by atoms with van der Waals surface area (Å²) in [6.45, 7) is 2.44. The van der Waals surface area contributed by atoms with Crippen molar-refractivity contribution < 1.29 is 9.90 Å². The van der Waals surface area contributed by atoms with Gasteiger partial charge in [-0.15, -0.1) is 0 Å². The van der Waals surface area contributed by atoms with E-state index < -0.39 is 6.09 Å². The molecule has 7 nitrogen and oxygen atoms in total. The zero-order valence-corrected chi connectivity index (χ0v) is 9.67. The van der Waals surface area contributed by atoms with E-state index in [2.05, 4.69) is 10.1 Å². The summed E-state index contributed by atoms with van der Waals surface area (Å²) in [7, 11) is 0. The molecule has 1 aromatic heterocycles. The third-order valence-electron chi connectivity index (χ3n) is 2.49. The van der Waals surface area contributed by atoms with Gasteiger partial charge in [-0.3, -0.25) is 4.57 Å². The molecule has 0 aliphatic rings. The first kappa shape index (κ1) is 11.9. The van der Waals surface area contributed by atoms with Crippen LogP contribution in [-0.4, -0.2) is 27.0 Å². The molecule has 7 heteroatoms. The Labute approximate surface area is 102 Å². The molecule has 1 heterocycles. The number of carbonyl (C=O) groups is 1. The molecule has 0 fully saturated rings. The zero-order valence-electron chi connectivity index (χ0n) is 9.67. The largest absolute Gasteiger partial charge is 0.464 e. The van der Waals surface area contributed by atoms with Gasteiger partial charge in [0.1, 0.15) is 0 Å². The molecular formula is C11H12N4O3. The minimum Gasteiger partial charge on any atom is -0.464 e. The SMILES string of the molecule is CCn1c(=O)[nH]c2ccc(/C=N/NC(=O)O)cc21. The fourth-order valence-electron chi connectivity index (χ4n) is 1.73. The van der Waals surface area contributed by atoms with Crippen LogP contribution in [0.2, 0.25) is 0 Å². The molecule has 0 radical (unpaired) electrons. The summed E-state index contributed by atoms with van der Waals surface area (Å²) in [5, 5.41) is 11.9. The van der Waals surface area contributed by atoms with Crippen LogP contribution < -0.4 is 11.1 Å². The molecule has 0 unspecified atom stereocenters. The number of H-pyrrole nitrogens is 1. The van der Waals surface area contributed by atoms with E-state index in [0.717, 1.165) is 11.0 Å².